The number of hydrogen-bond donors (Lipinski definition) is 2. The van der Waals surface area contributed by atoms with Crippen molar-refractivity contribution in [2.45, 2.75) is 0 Å². The van der Waals surface area contributed by atoms with Gasteiger partial charge in [-0.15, -0.1) is 0 Å². The van der Waals surface area contributed by atoms with Gasteiger partial charge in [0.1, 0.15) is 0 Å². The molecule has 1 aromatic heterocycles. The highest BCUT2D eigenvalue weighted by molar-refractivity contribution is 5.89. The molecule has 0 amide bonds. The molecule has 0 aromatic carbocycles. The molecule has 14 heavy (non-hydrogen) atoms. The number of aromatic carboxylic acids is 1. The molecule has 0 radical (unpaired) electrons. The molecule has 5 nitrogen and oxygen atoms in total. The van der Waals surface area contributed by atoms with Gasteiger partial charge in [0.25, 0.3) is 0 Å². The molecule has 1 aromatic rings. The summed E-state index contributed by atoms with van der Waals surface area (Å²) in [5.41, 5.74) is 0.463. The number of hydrogen-bond acceptors (Lipinski definition) is 3. The van der Waals surface area contributed by atoms with Crippen LogP contribution in [0.25, 0.3) is 6.08 Å². The highest BCUT2D eigenvalue weighted by atomic mass is 16.4. The van der Waals surface area contributed by atoms with Crippen molar-refractivity contribution < 1.29 is 19.8 Å². The molecule has 5 heteroatoms. The van der Waals surface area contributed by atoms with Gasteiger partial charge in [0.05, 0.1) is 5.56 Å². The van der Waals surface area contributed by atoms with E-state index in [1.54, 1.807) is 0 Å². The summed E-state index contributed by atoms with van der Waals surface area (Å²) in [5.74, 6) is -2.19. The van der Waals surface area contributed by atoms with E-state index in [2.05, 4.69) is 4.98 Å². The molecule has 0 atom stereocenters. The van der Waals surface area contributed by atoms with Crippen molar-refractivity contribution >= 4 is 18.0 Å². The van der Waals surface area contributed by atoms with Crippen LogP contribution in [-0.2, 0) is 4.79 Å². The Labute approximate surface area is 79.3 Å². The standard InChI is InChI=1S/C9H7NO4/c11-8(12)2-1-6-3-7(9(13)14)5-10-4-6/h1-5H,(H,11,12)(H,13,14)/b2-1+. The van der Waals surface area contributed by atoms with E-state index < -0.39 is 11.9 Å². The molecule has 1 rings (SSSR count). The Balaban J connectivity index is 2.94. The van der Waals surface area contributed by atoms with Crippen LogP contribution in [0.3, 0.4) is 0 Å². The van der Waals surface area contributed by atoms with E-state index in [-0.39, 0.29) is 5.56 Å². The van der Waals surface area contributed by atoms with Crippen LogP contribution in [0.5, 0.6) is 0 Å². The smallest absolute Gasteiger partial charge is 0.337 e. The van der Waals surface area contributed by atoms with E-state index >= 15 is 0 Å². The van der Waals surface area contributed by atoms with E-state index in [4.69, 9.17) is 10.2 Å². The number of pyridine rings is 1. The second-order valence-electron chi connectivity index (χ2n) is 2.48. The SMILES string of the molecule is O=C(O)/C=C/c1cncc(C(=O)O)c1. The molecule has 0 bridgehead atoms. The van der Waals surface area contributed by atoms with Crippen LogP contribution in [0, 0.1) is 0 Å². The Kier molecular flexibility index (Phi) is 2.96. The summed E-state index contributed by atoms with van der Waals surface area (Å²) in [4.78, 5) is 24.3. The summed E-state index contributed by atoms with van der Waals surface area (Å²) in [6, 6.07) is 1.34. The van der Waals surface area contributed by atoms with Gasteiger partial charge in [-0.2, -0.15) is 0 Å². The molecule has 0 spiro atoms. The van der Waals surface area contributed by atoms with Crippen molar-refractivity contribution in [1.29, 1.82) is 0 Å². The fourth-order valence-electron chi connectivity index (χ4n) is 0.833. The average Bonchev–Trinajstić information content (AvgIpc) is 2.15. The van der Waals surface area contributed by atoms with Gasteiger partial charge in [-0.3, -0.25) is 4.98 Å². The number of rotatable bonds is 3. The lowest BCUT2D eigenvalue weighted by Gasteiger charge is -1.94. The second kappa shape index (κ2) is 4.18. The maximum Gasteiger partial charge on any atom is 0.337 e. The van der Waals surface area contributed by atoms with Crippen molar-refractivity contribution in [2.75, 3.05) is 0 Å². The maximum absolute atomic E-state index is 10.5. The van der Waals surface area contributed by atoms with Crippen LogP contribution in [-0.4, -0.2) is 27.1 Å². The van der Waals surface area contributed by atoms with E-state index in [0.29, 0.717) is 5.56 Å². The number of carbonyl (C=O) groups is 2. The lowest BCUT2D eigenvalue weighted by atomic mass is 10.2. The average molecular weight is 193 g/mol. The maximum atomic E-state index is 10.5. The highest BCUT2D eigenvalue weighted by Crippen LogP contribution is 2.04. The predicted molar refractivity (Wildman–Crippen MR) is 47.9 cm³/mol. The third-order valence-electron chi connectivity index (χ3n) is 1.42. The van der Waals surface area contributed by atoms with Crippen LogP contribution < -0.4 is 0 Å². The molecule has 0 aliphatic rings. The highest BCUT2D eigenvalue weighted by Gasteiger charge is 2.02. The van der Waals surface area contributed by atoms with Gasteiger partial charge in [0.2, 0.25) is 0 Å². The van der Waals surface area contributed by atoms with Gasteiger partial charge < -0.3 is 10.2 Å². The quantitative estimate of drug-likeness (QED) is 0.695. The van der Waals surface area contributed by atoms with Crippen molar-refractivity contribution in [2.24, 2.45) is 0 Å². The van der Waals surface area contributed by atoms with Crippen LogP contribution in [0.2, 0.25) is 0 Å². The minimum atomic E-state index is -1.09. The monoisotopic (exact) mass is 193 g/mol. The van der Waals surface area contributed by atoms with Crippen LogP contribution >= 0.6 is 0 Å². The third kappa shape index (κ3) is 2.71. The summed E-state index contributed by atoms with van der Waals surface area (Å²) >= 11 is 0. The summed E-state index contributed by atoms with van der Waals surface area (Å²) in [5, 5.41) is 16.9. The zero-order chi connectivity index (χ0) is 10.6. The molecule has 72 valence electrons. The predicted octanol–water partition coefficient (Wildman–Crippen LogP) is 0.878. The topological polar surface area (TPSA) is 87.5 Å². The van der Waals surface area contributed by atoms with Gasteiger partial charge in [0.15, 0.2) is 0 Å². The van der Waals surface area contributed by atoms with Crippen LogP contribution in [0.15, 0.2) is 24.5 Å². The van der Waals surface area contributed by atoms with Crippen LogP contribution in [0.1, 0.15) is 15.9 Å². The number of carboxylic acids is 2. The second-order valence-corrected chi connectivity index (χ2v) is 2.48. The van der Waals surface area contributed by atoms with E-state index in [1.165, 1.54) is 24.5 Å². The van der Waals surface area contributed by atoms with Crippen LogP contribution in [0.4, 0.5) is 0 Å². The molecule has 0 saturated carbocycles. The number of carboxylic acid groups (broad SMARTS) is 2. The van der Waals surface area contributed by atoms with Crippen molar-refractivity contribution in [3.05, 3.63) is 35.7 Å². The Morgan fingerprint density at radius 2 is 2.00 bits per heavy atom. The summed E-state index contributed by atoms with van der Waals surface area (Å²) < 4.78 is 0. The zero-order valence-corrected chi connectivity index (χ0v) is 7.04. The van der Waals surface area contributed by atoms with E-state index in [0.717, 1.165) is 6.08 Å². The molecule has 2 N–H and O–H groups in total. The lowest BCUT2D eigenvalue weighted by molar-refractivity contribution is -0.131. The van der Waals surface area contributed by atoms with E-state index in [9.17, 15) is 9.59 Å². The Hall–Kier alpha value is -2.17. The Morgan fingerprint density at radius 3 is 2.57 bits per heavy atom. The first kappa shape index (κ1) is 9.91. The van der Waals surface area contributed by atoms with Gasteiger partial charge in [-0.05, 0) is 17.7 Å². The first-order valence-corrected chi connectivity index (χ1v) is 3.69. The van der Waals surface area contributed by atoms with Crippen molar-refractivity contribution in [1.82, 2.24) is 4.98 Å². The molecular weight excluding hydrogens is 186 g/mol. The fraction of sp³-hybridized carbons (Fsp3) is 0. The first-order valence-electron chi connectivity index (χ1n) is 3.69. The Morgan fingerprint density at radius 1 is 1.29 bits per heavy atom. The van der Waals surface area contributed by atoms with E-state index in [1.807, 2.05) is 0 Å². The van der Waals surface area contributed by atoms with Gasteiger partial charge in [-0.25, -0.2) is 9.59 Å². The Bertz CT molecular complexity index is 398. The number of aliphatic carboxylic acids is 1. The largest absolute Gasteiger partial charge is 0.478 e. The minimum absolute atomic E-state index is 0.0255. The third-order valence-corrected chi connectivity index (χ3v) is 1.42. The van der Waals surface area contributed by atoms with Gasteiger partial charge in [-0.1, -0.05) is 0 Å². The first-order chi connectivity index (χ1) is 6.59. The molecule has 0 aliphatic heterocycles. The van der Waals surface area contributed by atoms with Gasteiger partial charge >= 0.3 is 11.9 Å². The number of nitrogens with zero attached hydrogens (tertiary/aromatic N) is 1. The molecule has 0 unspecified atom stereocenters. The molecule has 1 heterocycles. The molecule has 0 aliphatic carbocycles. The fourth-order valence-corrected chi connectivity index (χ4v) is 0.833. The number of aromatic nitrogens is 1. The minimum Gasteiger partial charge on any atom is -0.478 e. The van der Waals surface area contributed by atoms with Gasteiger partial charge in [0, 0.05) is 18.5 Å². The molecular formula is C9H7NO4. The van der Waals surface area contributed by atoms with Crippen molar-refractivity contribution in [3.63, 3.8) is 0 Å². The van der Waals surface area contributed by atoms with Crippen molar-refractivity contribution in [3.8, 4) is 0 Å². The lowest BCUT2D eigenvalue weighted by Crippen LogP contribution is -1.97. The normalized spacial score (nSPS) is 10.3. The summed E-state index contributed by atoms with van der Waals surface area (Å²) in [7, 11) is 0. The molecule has 0 fully saturated rings. The summed E-state index contributed by atoms with van der Waals surface area (Å²) in [6.45, 7) is 0. The molecule has 0 saturated heterocycles. The summed E-state index contributed by atoms with van der Waals surface area (Å²) in [6.07, 6.45) is 4.77. The zero-order valence-electron chi connectivity index (χ0n) is 7.04.